The van der Waals surface area contributed by atoms with Crippen molar-refractivity contribution in [2.24, 2.45) is 0 Å². The second kappa shape index (κ2) is 2.22. The Hall–Kier alpha value is -0.440. The summed E-state index contributed by atoms with van der Waals surface area (Å²) in [6.45, 7) is 2.09. The predicted octanol–water partition coefficient (Wildman–Crippen LogP) is 1.14. The molecule has 0 saturated heterocycles. The van der Waals surface area contributed by atoms with Crippen LogP contribution >= 0.6 is 12.8 Å². The lowest BCUT2D eigenvalue weighted by Gasteiger charge is -1.80. The average molecular weight is 128 g/mol. The molecule has 0 bridgehead atoms. The molecule has 44 valence electrons. The van der Waals surface area contributed by atoms with Crippen LogP contribution in [-0.2, 0) is 6.42 Å². The topological polar surface area (TPSA) is 17.8 Å². The highest BCUT2D eigenvalue weighted by Gasteiger charge is 1.88. The molecule has 0 spiro atoms. The zero-order valence-corrected chi connectivity index (χ0v) is 5.60. The molecule has 0 fully saturated rings. The summed E-state index contributed by atoms with van der Waals surface area (Å²) >= 11 is 3.96. The lowest BCUT2D eigenvalue weighted by Crippen LogP contribution is -1.75. The van der Waals surface area contributed by atoms with Gasteiger partial charge in [-0.25, -0.2) is 4.09 Å². The maximum Gasteiger partial charge on any atom is 0.0532 e. The van der Waals surface area contributed by atoms with Crippen molar-refractivity contribution in [3.05, 3.63) is 18.0 Å². The summed E-state index contributed by atoms with van der Waals surface area (Å²) in [5, 5.41) is 3.87. The largest absolute Gasteiger partial charge is 0.217 e. The second-order valence-electron chi connectivity index (χ2n) is 1.62. The van der Waals surface area contributed by atoms with Crippen molar-refractivity contribution >= 4 is 12.8 Å². The summed E-state index contributed by atoms with van der Waals surface area (Å²) in [6.07, 6.45) is 4.73. The standard InChI is InChI=1S/C5H8N2S/c1-2-5-3-6-7(8)4-5/h3-4,8H,2H2,1H3. The van der Waals surface area contributed by atoms with E-state index in [-0.39, 0.29) is 0 Å². The van der Waals surface area contributed by atoms with Crippen molar-refractivity contribution in [1.29, 1.82) is 0 Å². The lowest BCUT2D eigenvalue weighted by molar-refractivity contribution is 1.02. The molecule has 1 aromatic heterocycles. The number of nitrogens with zero attached hydrogens (tertiary/aromatic N) is 2. The van der Waals surface area contributed by atoms with E-state index >= 15 is 0 Å². The van der Waals surface area contributed by atoms with Gasteiger partial charge in [-0.2, -0.15) is 5.10 Å². The number of thiol groups is 1. The van der Waals surface area contributed by atoms with Crippen LogP contribution in [-0.4, -0.2) is 9.19 Å². The minimum Gasteiger partial charge on any atom is -0.217 e. The smallest absolute Gasteiger partial charge is 0.0532 e. The zero-order chi connectivity index (χ0) is 5.98. The van der Waals surface area contributed by atoms with Gasteiger partial charge in [0.25, 0.3) is 0 Å². The molecule has 0 aliphatic carbocycles. The third-order valence-corrected chi connectivity index (χ3v) is 1.25. The van der Waals surface area contributed by atoms with Crippen molar-refractivity contribution < 1.29 is 0 Å². The normalized spacial score (nSPS) is 9.75. The number of aryl methyl sites for hydroxylation is 1. The number of rotatable bonds is 1. The molecule has 8 heavy (non-hydrogen) atoms. The van der Waals surface area contributed by atoms with Gasteiger partial charge in [0, 0.05) is 6.20 Å². The molecule has 0 amide bonds. The molecule has 0 N–H and O–H groups in total. The molecular weight excluding hydrogens is 120 g/mol. The maximum atomic E-state index is 3.96. The summed E-state index contributed by atoms with van der Waals surface area (Å²) in [7, 11) is 0. The van der Waals surface area contributed by atoms with Gasteiger partial charge in [0.1, 0.15) is 0 Å². The Labute approximate surface area is 54.1 Å². The van der Waals surface area contributed by atoms with E-state index in [1.165, 1.54) is 9.65 Å². The molecule has 1 heterocycles. The monoisotopic (exact) mass is 128 g/mol. The molecule has 0 aromatic carbocycles. The lowest BCUT2D eigenvalue weighted by atomic mass is 10.3. The van der Waals surface area contributed by atoms with Gasteiger partial charge in [0.2, 0.25) is 0 Å². The molecule has 0 atom stereocenters. The molecule has 0 aliphatic rings. The Morgan fingerprint density at radius 1 is 1.88 bits per heavy atom. The highest BCUT2D eigenvalue weighted by Crippen LogP contribution is 1.97. The minimum absolute atomic E-state index is 1.03. The van der Waals surface area contributed by atoms with E-state index in [1.807, 2.05) is 12.4 Å². The van der Waals surface area contributed by atoms with Gasteiger partial charge in [-0.05, 0) is 24.8 Å². The van der Waals surface area contributed by atoms with E-state index < -0.39 is 0 Å². The molecule has 1 rings (SSSR count). The van der Waals surface area contributed by atoms with Crippen LogP contribution in [0.3, 0.4) is 0 Å². The Morgan fingerprint density at radius 3 is 2.88 bits per heavy atom. The first-order valence-corrected chi connectivity index (χ1v) is 2.95. The third kappa shape index (κ3) is 1.04. The van der Waals surface area contributed by atoms with E-state index in [0.29, 0.717) is 0 Å². The Kier molecular flexibility index (Phi) is 1.58. The Balaban J connectivity index is 2.84. The molecule has 0 aliphatic heterocycles. The van der Waals surface area contributed by atoms with Gasteiger partial charge in [-0.1, -0.05) is 6.92 Å². The average Bonchev–Trinajstić information content (AvgIpc) is 2.14. The SMILES string of the molecule is CCc1cnn(S)c1. The van der Waals surface area contributed by atoms with Crippen LogP contribution in [0.25, 0.3) is 0 Å². The van der Waals surface area contributed by atoms with Gasteiger partial charge < -0.3 is 0 Å². The molecule has 0 saturated carbocycles. The number of hydrogen-bond acceptors (Lipinski definition) is 2. The zero-order valence-electron chi connectivity index (χ0n) is 4.70. The van der Waals surface area contributed by atoms with Gasteiger partial charge in [-0.3, -0.25) is 0 Å². The van der Waals surface area contributed by atoms with Crippen LogP contribution in [0.5, 0.6) is 0 Å². The van der Waals surface area contributed by atoms with Crippen molar-refractivity contribution in [1.82, 2.24) is 9.19 Å². The molecule has 0 unspecified atom stereocenters. The molecule has 2 nitrogen and oxygen atoms in total. The maximum absolute atomic E-state index is 3.96. The Morgan fingerprint density at radius 2 is 2.62 bits per heavy atom. The fourth-order valence-electron chi connectivity index (χ4n) is 0.531. The summed E-state index contributed by atoms with van der Waals surface area (Å²) in [6, 6.07) is 0. The van der Waals surface area contributed by atoms with Crippen LogP contribution in [0.15, 0.2) is 12.4 Å². The van der Waals surface area contributed by atoms with Crippen LogP contribution in [0.4, 0.5) is 0 Å². The van der Waals surface area contributed by atoms with Crippen molar-refractivity contribution in [3.63, 3.8) is 0 Å². The summed E-state index contributed by atoms with van der Waals surface area (Å²) < 4.78 is 1.51. The highest BCUT2D eigenvalue weighted by molar-refractivity contribution is 7.78. The molecule has 0 radical (unpaired) electrons. The second-order valence-corrected chi connectivity index (χ2v) is 2.03. The van der Waals surface area contributed by atoms with Crippen molar-refractivity contribution in [2.75, 3.05) is 0 Å². The molecule has 3 heteroatoms. The highest BCUT2D eigenvalue weighted by atomic mass is 32.1. The van der Waals surface area contributed by atoms with Crippen LogP contribution in [0.1, 0.15) is 12.5 Å². The quantitative estimate of drug-likeness (QED) is 0.561. The van der Waals surface area contributed by atoms with E-state index in [0.717, 1.165) is 6.42 Å². The van der Waals surface area contributed by atoms with Crippen LogP contribution in [0, 0.1) is 0 Å². The van der Waals surface area contributed by atoms with E-state index in [9.17, 15) is 0 Å². The first kappa shape index (κ1) is 5.69. The van der Waals surface area contributed by atoms with E-state index in [2.05, 4.69) is 24.8 Å². The van der Waals surface area contributed by atoms with E-state index in [4.69, 9.17) is 0 Å². The molecular formula is C5H8N2S. The first-order valence-electron chi connectivity index (χ1n) is 2.55. The van der Waals surface area contributed by atoms with Gasteiger partial charge in [-0.15, -0.1) is 0 Å². The summed E-state index contributed by atoms with van der Waals surface area (Å²) in [5.41, 5.74) is 1.22. The fourth-order valence-corrected chi connectivity index (χ4v) is 0.731. The Bertz CT molecular complexity index is 171. The van der Waals surface area contributed by atoms with Gasteiger partial charge in [0.05, 0.1) is 6.20 Å². The minimum atomic E-state index is 1.03. The number of aromatic nitrogens is 2. The van der Waals surface area contributed by atoms with Gasteiger partial charge >= 0.3 is 0 Å². The van der Waals surface area contributed by atoms with E-state index in [1.54, 1.807) is 0 Å². The van der Waals surface area contributed by atoms with Gasteiger partial charge in [0.15, 0.2) is 0 Å². The summed E-state index contributed by atoms with van der Waals surface area (Å²) in [4.78, 5) is 0. The third-order valence-electron chi connectivity index (χ3n) is 1.03. The fraction of sp³-hybridized carbons (Fsp3) is 0.400. The summed E-state index contributed by atoms with van der Waals surface area (Å²) in [5.74, 6) is 0. The predicted molar refractivity (Wildman–Crippen MR) is 36.0 cm³/mol. The van der Waals surface area contributed by atoms with Crippen LogP contribution in [0.2, 0.25) is 0 Å². The first-order chi connectivity index (χ1) is 3.83. The van der Waals surface area contributed by atoms with Crippen molar-refractivity contribution in [2.45, 2.75) is 13.3 Å². The van der Waals surface area contributed by atoms with Crippen LogP contribution < -0.4 is 0 Å². The van der Waals surface area contributed by atoms with Crippen molar-refractivity contribution in [3.8, 4) is 0 Å². The molecule has 1 aromatic rings. The number of hydrogen-bond donors (Lipinski definition) is 1.